The van der Waals surface area contributed by atoms with E-state index in [9.17, 15) is 4.79 Å². The van der Waals surface area contributed by atoms with Gasteiger partial charge in [-0.05, 0) is 31.9 Å². The van der Waals surface area contributed by atoms with Crippen LogP contribution in [0.4, 0.5) is 0 Å². The molecular formula is C23H38IN5O2. The van der Waals surface area contributed by atoms with E-state index in [1.54, 1.807) is 0 Å². The second-order valence-electron chi connectivity index (χ2n) is 8.34. The molecular weight excluding hydrogens is 505 g/mol. The number of carbonyl (C=O) groups is 1. The summed E-state index contributed by atoms with van der Waals surface area (Å²) in [6.45, 7) is 6.95. The molecule has 1 atom stereocenters. The monoisotopic (exact) mass is 543 g/mol. The fraction of sp³-hybridized carbons (Fsp3) is 0.652. The molecule has 2 heterocycles. The Morgan fingerprint density at radius 3 is 2.52 bits per heavy atom. The smallest absolute Gasteiger partial charge is 0.308 e. The average Bonchev–Trinajstić information content (AvgIpc) is 2.80. The molecule has 0 radical (unpaired) electrons. The second kappa shape index (κ2) is 13.2. The van der Waals surface area contributed by atoms with E-state index in [0.717, 1.165) is 71.0 Å². The van der Waals surface area contributed by atoms with Gasteiger partial charge >= 0.3 is 5.97 Å². The highest BCUT2D eigenvalue weighted by atomic mass is 127. The Hall–Kier alpha value is -1.39. The van der Waals surface area contributed by atoms with Crippen molar-refractivity contribution in [3.05, 3.63) is 35.9 Å². The van der Waals surface area contributed by atoms with Crippen LogP contribution in [0, 0.1) is 5.92 Å². The third-order valence-electron chi connectivity index (χ3n) is 6.32. The predicted octanol–water partition coefficient (Wildman–Crippen LogP) is 2.44. The highest BCUT2D eigenvalue weighted by Crippen LogP contribution is 2.24. The van der Waals surface area contributed by atoms with Gasteiger partial charge in [-0.15, -0.1) is 24.0 Å². The summed E-state index contributed by atoms with van der Waals surface area (Å²) in [4.78, 5) is 23.5. The molecule has 0 amide bonds. The van der Waals surface area contributed by atoms with Crippen LogP contribution in [0.15, 0.2) is 35.3 Å². The molecule has 31 heavy (non-hydrogen) atoms. The summed E-state index contributed by atoms with van der Waals surface area (Å²) in [5, 5.41) is 3.52. The molecule has 0 bridgehead atoms. The van der Waals surface area contributed by atoms with Crippen molar-refractivity contribution in [2.24, 2.45) is 10.9 Å². The molecule has 1 unspecified atom stereocenters. The van der Waals surface area contributed by atoms with Crippen LogP contribution in [0.1, 0.15) is 30.9 Å². The minimum atomic E-state index is -0.0854. The van der Waals surface area contributed by atoms with Crippen molar-refractivity contribution in [2.75, 3.05) is 67.0 Å². The van der Waals surface area contributed by atoms with Crippen molar-refractivity contribution in [1.29, 1.82) is 0 Å². The van der Waals surface area contributed by atoms with E-state index in [2.05, 4.69) is 62.4 Å². The number of piperidine rings is 1. The first-order chi connectivity index (χ1) is 14.6. The summed E-state index contributed by atoms with van der Waals surface area (Å²) < 4.78 is 4.89. The summed E-state index contributed by atoms with van der Waals surface area (Å²) in [5.41, 5.74) is 1.40. The molecule has 1 aromatic carbocycles. The standard InChI is InChI=1S/C23H37N5O2.HI/c1-24-23(28-14-10-20(11-15-28)22(29)30-3)25-12-7-13-27-17-16-26(2)18-21(27)19-8-5-4-6-9-19;/h4-6,8-9,20-21H,7,10-18H2,1-3H3,(H,24,25);1H. The molecule has 0 aliphatic carbocycles. The maximum absolute atomic E-state index is 11.7. The summed E-state index contributed by atoms with van der Waals surface area (Å²) in [7, 11) is 5.51. The minimum Gasteiger partial charge on any atom is -0.469 e. The number of likely N-dealkylation sites (tertiary alicyclic amines) is 1. The number of likely N-dealkylation sites (N-methyl/N-ethyl adjacent to an activating group) is 1. The molecule has 1 N–H and O–H groups in total. The fourth-order valence-electron chi connectivity index (χ4n) is 4.52. The van der Waals surface area contributed by atoms with Crippen molar-refractivity contribution >= 4 is 35.9 Å². The Labute approximate surface area is 204 Å². The summed E-state index contributed by atoms with van der Waals surface area (Å²) in [5.74, 6) is 0.880. The minimum absolute atomic E-state index is 0. The first kappa shape index (κ1) is 25.9. The summed E-state index contributed by atoms with van der Waals surface area (Å²) >= 11 is 0. The Kier molecular flexibility index (Phi) is 11.0. The first-order valence-corrected chi connectivity index (χ1v) is 11.1. The van der Waals surface area contributed by atoms with Crippen LogP contribution in [-0.4, -0.2) is 93.6 Å². The molecule has 7 nitrogen and oxygen atoms in total. The van der Waals surface area contributed by atoms with Crippen molar-refractivity contribution in [1.82, 2.24) is 20.0 Å². The Morgan fingerprint density at radius 2 is 1.87 bits per heavy atom. The zero-order valence-corrected chi connectivity index (χ0v) is 21.5. The summed E-state index contributed by atoms with van der Waals surface area (Å²) in [6.07, 6.45) is 2.73. The third kappa shape index (κ3) is 7.32. The number of nitrogens with zero attached hydrogens (tertiary/aromatic N) is 4. The summed E-state index contributed by atoms with van der Waals surface area (Å²) in [6, 6.07) is 11.3. The maximum atomic E-state index is 11.7. The number of esters is 1. The molecule has 1 aromatic rings. The lowest BCUT2D eigenvalue weighted by atomic mass is 9.97. The quantitative estimate of drug-likeness (QED) is 0.196. The van der Waals surface area contributed by atoms with Gasteiger partial charge in [0, 0.05) is 58.9 Å². The second-order valence-corrected chi connectivity index (χ2v) is 8.34. The number of aliphatic imine (C=N–C) groups is 1. The van der Waals surface area contributed by atoms with Gasteiger partial charge in [-0.25, -0.2) is 0 Å². The molecule has 2 saturated heterocycles. The average molecular weight is 543 g/mol. The van der Waals surface area contributed by atoms with E-state index in [1.165, 1.54) is 12.7 Å². The fourth-order valence-corrected chi connectivity index (χ4v) is 4.52. The highest BCUT2D eigenvalue weighted by Gasteiger charge is 2.28. The molecule has 2 aliphatic heterocycles. The molecule has 2 fully saturated rings. The molecule has 0 aromatic heterocycles. The molecule has 174 valence electrons. The van der Waals surface area contributed by atoms with E-state index in [1.807, 2.05) is 7.05 Å². The SMILES string of the molecule is CN=C(NCCCN1CCN(C)CC1c1ccccc1)N1CCC(C(=O)OC)CC1.I. The zero-order chi connectivity index (χ0) is 21.3. The van der Waals surface area contributed by atoms with Crippen molar-refractivity contribution in [3.8, 4) is 0 Å². The first-order valence-electron chi connectivity index (χ1n) is 11.1. The van der Waals surface area contributed by atoms with Crippen LogP contribution in [0.5, 0.6) is 0 Å². The van der Waals surface area contributed by atoms with Gasteiger partial charge in [-0.2, -0.15) is 0 Å². The normalized spacial score (nSPS) is 21.5. The number of nitrogens with one attached hydrogen (secondary N) is 1. The van der Waals surface area contributed by atoms with Gasteiger partial charge in [0.05, 0.1) is 13.0 Å². The predicted molar refractivity (Wildman–Crippen MR) is 136 cm³/mol. The number of ether oxygens (including phenoxy) is 1. The van der Waals surface area contributed by atoms with Crippen LogP contribution in [0.3, 0.4) is 0 Å². The van der Waals surface area contributed by atoms with Gasteiger partial charge in [-0.3, -0.25) is 14.7 Å². The number of rotatable bonds is 6. The van der Waals surface area contributed by atoms with Crippen LogP contribution >= 0.6 is 24.0 Å². The third-order valence-corrected chi connectivity index (χ3v) is 6.32. The Bertz CT molecular complexity index is 694. The maximum Gasteiger partial charge on any atom is 0.308 e. The zero-order valence-electron chi connectivity index (χ0n) is 19.1. The molecule has 8 heteroatoms. The van der Waals surface area contributed by atoms with E-state index in [0.29, 0.717) is 6.04 Å². The number of piperazine rings is 1. The van der Waals surface area contributed by atoms with Crippen LogP contribution in [0.25, 0.3) is 0 Å². The lowest BCUT2D eigenvalue weighted by Crippen LogP contribution is -2.48. The number of carbonyl (C=O) groups excluding carboxylic acids is 1. The lowest BCUT2D eigenvalue weighted by Gasteiger charge is -2.40. The number of halogens is 1. The number of guanidine groups is 1. The van der Waals surface area contributed by atoms with Crippen molar-refractivity contribution in [3.63, 3.8) is 0 Å². The van der Waals surface area contributed by atoms with E-state index < -0.39 is 0 Å². The van der Waals surface area contributed by atoms with Crippen molar-refractivity contribution in [2.45, 2.75) is 25.3 Å². The van der Waals surface area contributed by atoms with Crippen LogP contribution in [-0.2, 0) is 9.53 Å². The number of benzene rings is 1. The van der Waals surface area contributed by atoms with Crippen LogP contribution in [0.2, 0.25) is 0 Å². The van der Waals surface area contributed by atoms with E-state index in [4.69, 9.17) is 4.74 Å². The topological polar surface area (TPSA) is 60.4 Å². The van der Waals surface area contributed by atoms with Crippen molar-refractivity contribution < 1.29 is 9.53 Å². The van der Waals surface area contributed by atoms with Gasteiger partial charge in [0.25, 0.3) is 0 Å². The Balaban J connectivity index is 0.00000341. The van der Waals surface area contributed by atoms with E-state index in [-0.39, 0.29) is 35.9 Å². The van der Waals surface area contributed by atoms with Crippen LogP contribution < -0.4 is 5.32 Å². The highest BCUT2D eigenvalue weighted by molar-refractivity contribution is 14.0. The number of hydrogen-bond donors (Lipinski definition) is 1. The molecule has 3 rings (SSSR count). The van der Waals surface area contributed by atoms with Gasteiger partial charge in [-0.1, -0.05) is 30.3 Å². The lowest BCUT2D eigenvalue weighted by molar-refractivity contribution is -0.146. The van der Waals surface area contributed by atoms with Gasteiger partial charge in [0.15, 0.2) is 5.96 Å². The molecule has 0 saturated carbocycles. The molecule has 0 spiro atoms. The molecule has 2 aliphatic rings. The number of hydrogen-bond acceptors (Lipinski definition) is 5. The largest absolute Gasteiger partial charge is 0.469 e. The van der Waals surface area contributed by atoms with Gasteiger partial charge < -0.3 is 19.9 Å². The van der Waals surface area contributed by atoms with Gasteiger partial charge in [0.1, 0.15) is 0 Å². The van der Waals surface area contributed by atoms with E-state index >= 15 is 0 Å². The Morgan fingerprint density at radius 1 is 1.16 bits per heavy atom. The van der Waals surface area contributed by atoms with Gasteiger partial charge in [0.2, 0.25) is 0 Å². The number of methoxy groups -OCH3 is 1.